The summed E-state index contributed by atoms with van der Waals surface area (Å²) in [7, 11) is 0. The zero-order chi connectivity index (χ0) is 13.1. The molecule has 5 nitrogen and oxygen atoms in total. The molecule has 0 N–H and O–H groups in total. The van der Waals surface area contributed by atoms with Crippen molar-refractivity contribution in [1.82, 2.24) is 0 Å². The SMILES string of the molecule is C=C/C=C/C=C/C(=O)OCCOC(=O)C(C)=O. The molecule has 0 aromatic heterocycles. The van der Waals surface area contributed by atoms with Crippen LogP contribution in [-0.4, -0.2) is 30.9 Å². The largest absolute Gasteiger partial charge is 0.459 e. The molecule has 5 heteroatoms. The zero-order valence-electron chi connectivity index (χ0n) is 9.55. The number of esters is 2. The van der Waals surface area contributed by atoms with Gasteiger partial charge in [-0.1, -0.05) is 30.9 Å². The van der Waals surface area contributed by atoms with Gasteiger partial charge in [-0.05, 0) is 0 Å². The van der Waals surface area contributed by atoms with E-state index in [0.717, 1.165) is 6.92 Å². The van der Waals surface area contributed by atoms with E-state index in [1.807, 2.05) is 0 Å². The predicted molar refractivity (Wildman–Crippen MR) is 61.1 cm³/mol. The lowest BCUT2D eigenvalue weighted by Gasteiger charge is -2.02. The highest BCUT2D eigenvalue weighted by Gasteiger charge is 2.08. The number of hydrogen-bond acceptors (Lipinski definition) is 5. The van der Waals surface area contributed by atoms with Crippen LogP contribution in [0.15, 0.2) is 37.0 Å². The van der Waals surface area contributed by atoms with E-state index in [4.69, 9.17) is 0 Å². The maximum Gasteiger partial charge on any atom is 0.374 e. The van der Waals surface area contributed by atoms with Crippen LogP contribution in [0.2, 0.25) is 0 Å². The topological polar surface area (TPSA) is 69.7 Å². The van der Waals surface area contributed by atoms with Crippen molar-refractivity contribution in [3.05, 3.63) is 37.0 Å². The van der Waals surface area contributed by atoms with E-state index in [0.29, 0.717) is 0 Å². The summed E-state index contributed by atoms with van der Waals surface area (Å²) in [6.45, 7) is 4.33. The molecule has 0 radical (unpaired) electrons. The number of rotatable bonds is 7. The van der Waals surface area contributed by atoms with Crippen molar-refractivity contribution in [3.8, 4) is 0 Å². The van der Waals surface area contributed by atoms with Crippen LogP contribution in [0.5, 0.6) is 0 Å². The van der Waals surface area contributed by atoms with Gasteiger partial charge in [0.15, 0.2) is 0 Å². The molecule has 0 saturated heterocycles. The third-order valence-corrected chi connectivity index (χ3v) is 1.44. The van der Waals surface area contributed by atoms with Crippen LogP contribution in [0.3, 0.4) is 0 Å². The van der Waals surface area contributed by atoms with E-state index in [-0.39, 0.29) is 13.2 Å². The summed E-state index contributed by atoms with van der Waals surface area (Å²) in [5.41, 5.74) is 0. The normalized spacial score (nSPS) is 10.4. The zero-order valence-corrected chi connectivity index (χ0v) is 9.55. The fraction of sp³-hybridized carbons (Fsp3) is 0.250. The first-order valence-corrected chi connectivity index (χ1v) is 4.88. The van der Waals surface area contributed by atoms with Gasteiger partial charge in [0.05, 0.1) is 0 Å². The third kappa shape index (κ3) is 8.80. The number of Topliss-reactive ketones (excluding diaryl/α,β-unsaturated/α-hetero) is 1. The van der Waals surface area contributed by atoms with Crippen LogP contribution in [0.25, 0.3) is 0 Å². The molecule has 0 bridgehead atoms. The number of hydrogen-bond donors (Lipinski definition) is 0. The standard InChI is InChI=1S/C12H14O5/c1-3-4-5-6-7-11(14)16-8-9-17-12(15)10(2)13/h3-7H,1,8-9H2,2H3/b5-4+,7-6+. The molecule has 0 aromatic carbocycles. The summed E-state index contributed by atoms with van der Waals surface area (Å²) in [5, 5.41) is 0. The molecule has 92 valence electrons. The second-order valence-corrected chi connectivity index (χ2v) is 2.84. The first kappa shape index (κ1) is 14.8. The predicted octanol–water partition coefficient (Wildman–Crippen LogP) is 0.960. The average molecular weight is 238 g/mol. The minimum atomic E-state index is -0.939. The highest BCUT2D eigenvalue weighted by molar-refractivity contribution is 6.32. The van der Waals surface area contributed by atoms with Gasteiger partial charge in [0.1, 0.15) is 13.2 Å². The Hall–Kier alpha value is -2.17. The van der Waals surface area contributed by atoms with E-state index >= 15 is 0 Å². The molecule has 0 aliphatic heterocycles. The van der Waals surface area contributed by atoms with Gasteiger partial charge in [-0.3, -0.25) is 4.79 Å². The Labute approximate surface area is 99.4 Å². The number of ketones is 1. The van der Waals surface area contributed by atoms with Gasteiger partial charge in [0.25, 0.3) is 0 Å². The van der Waals surface area contributed by atoms with Crippen molar-refractivity contribution in [2.24, 2.45) is 0 Å². The molecule has 0 spiro atoms. The summed E-state index contributed by atoms with van der Waals surface area (Å²) < 4.78 is 9.16. The fourth-order valence-corrected chi connectivity index (χ4v) is 0.703. The highest BCUT2D eigenvalue weighted by Crippen LogP contribution is 1.86. The third-order valence-electron chi connectivity index (χ3n) is 1.44. The van der Waals surface area contributed by atoms with E-state index < -0.39 is 17.7 Å². The summed E-state index contributed by atoms with van der Waals surface area (Å²) in [6.07, 6.45) is 7.54. The van der Waals surface area contributed by atoms with E-state index in [1.165, 1.54) is 12.2 Å². The Morgan fingerprint density at radius 2 is 1.71 bits per heavy atom. The highest BCUT2D eigenvalue weighted by atomic mass is 16.6. The van der Waals surface area contributed by atoms with Crippen molar-refractivity contribution in [2.75, 3.05) is 13.2 Å². The smallest absolute Gasteiger partial charge is 0.374 e. The molecule has 0 unspecified atom stereocenters. The van der Waals surface area contributed by atoms with Crippen LogP contribution in [-0.2, 0) is 23.9 Å². The van der Waals surface area contributed by atoms with Crippen molar-refractivity contribution in [3.63, 3.8) is 0 Å². The Kier molecular flexibility index (Phi) is 7.93. The van der Waals surface area contributed by atoms with Crippen LogP contribution >= 0.6 is 0 Å². The molecule has 0 atom stereocenters. The molecule has 0 fully saturated rings. The molecule has 0 amide bonds. The fourth-order valence-electron chi connectivity index (χ4n) is 0.703. The second-order valence-electron chi connectivity index (χ2n) is 2.84. The maximum absolute atomic E-state index is 11.0. The van der Waals surface area contributed by atoms with Gasteiger partial charge in [-0.2, -0.15) is 0 Å². The molecule has 0 aromatic rings. The summed E-state index contributed by atoms with van der Waals surface area (Å²) in [6, 6.07) is 0. The minimum absolute atomic E-state index is 0.0899. The van der Waals surface area contributed by atoms with Crippen LogP contribution < -0.4 is 0 Å². The van der Waals surface area contributed by atoms with Crippen molar-refractivity contribution in [1.29, 1.82) is 0 Å². The van der Waals surface area contributed by atoms with Gasteiger partial charge in [0, 0.05) is 13.0 Å². The monoisotopic (exact) mass is 238 g/mol. The number of ether oxygens (including phenoxy) is 2. The Morgan fingerprint density at radius 3 is 2.29 bits per heavy atom. The number of carbonyl (C=O) groups is 3. The Balaban J connectivity index is 3.68. The summed E-state index contributed by atoms with van der Waals surface area (Å²) >= 11 is 0. The number of allylic oxidation sites excluding steroid dienone is 4. The van der Waals surface area contributed by atoms with Crippen LogP contribution in [0, 0.1) is 0 Å². The van der Waals surface area contributed by atoms with Gasteiger partial charge < -0.3 is 9.47 Å². The van der Waals surface area contributed by atoms with Gasteiger partial charge >= 0.3 is 11.9 Å². The van der Waals surface area contributed by atoms with E-state index in [2.05, 4.69) is 16.1 Å². The molecule has 0 heterocycles. The summed E-state index contributed by atoms with van der Waals surface area (Å²) in [4.78, 5) is 32.2. The van der Waals surface area contributed by atoms with Crippen LogP contribution in [0.4, 0.5) is 0 Å². The first-order valence-electron chi connectivity index (χ1n) is 4.88. The van der Waals surface area contributed by atoms with Crippen molar-refractivity contribution >= 4 is 17.7 Å². The Morgan fingerprint density at radius 1 is 1.06 bits per heavy atom. The quantitative estimate of drug-likeness (QED) is 0.217. The molecule has 17 heavy (non-hydrogen) atoms. The first-order chi connectivity index (χ1) is 8.07. The second kappa shape index (κ2) is 9.08. The van der Waals surface area contributed by atoms with Gasteiger partial charge in [-0.25, -0.2) is 9.59 Å². The van der Waals surface area contributed by atoms with Crippen LogP contribution in [0.1, 0.15) is 6.92 Å². The van der Waals surface area contributed by atoms with Crippen molar-refractivity contribution < 1.29 is 23.9 Å². The summed E-state index contributed by atoms with van der Waals surface area (Å²) in [5.74, 6) is -2.19. The molecule has 0 aliphatic rings. The van der Waals surface area contributed by atoms with Crippen molar-refractivity contribution in [2.45, 2.75) is 6.92 Å². The molecule has 0 aliphatic carbocycles. The van der Waals surface area contributed by atoms with E-state index in [9.17, 15) is 14.4 Å². The lowest BCUT2D eigenvalue weighted by Crippen LogP contribution is -2.17. The minimum Gasteiger partial charge on any atom is -0.459 e. The van der Waals surface area contributed by atoms with Gasteiger partial charge in [0.2, 0.25) is 5.78 Å². The molecule has 0 saturated carbocycles. The maximum atomic E-state index is 11.0. The molecule has 0 rings (SSSR count). The Bertz CT molecular complexity index is 352. The molecular weight excluding hydrogens is 224 g/mol. The van der Waals surface area contributed by atoms with E-state index in [1.54, 1.807) is 18.2 Å². The lowest BCUT2D eigenvalue weighted by molar-refractivity contribution is -0.155. The van der Waals surface area contributed by atoms with Gasteiger partial charge in [-0.15, -0.1) is 0 Å². The average Bonchev–Trinajstić information content (AvgIpc) is 2.29. The number of carbonyl (C=O) groups excluding carboxylic acids is 3. The lowest BCUT2D eigenvalue weighted by atomic mass is 10.4. The molecular formula is C12H14O5.